The molecule has 2 heterocycles. The Hall–Kier alpha value is -2.16. The standard InChI is InChI=1S/C20H18N2.2ClH/c1-3-9-21-11-15-5-7-17-13-22(10-4-2)14-18-8-6-16(12-21)19(15)20(17)18;;/h3-8,11-14H,1-2,9-10H2;2*1H/q+2;;/p-2. The number of pyridine rings is 2. The molecule has 0 fully saturated rings. The van der Waals surface area contributed by atoms with E-state index in [1.807, 2.05) is 12.2 Å². The first-order chi connectivity index (χ1) is 10.8. The molecule has 2 nitrogen and oxygen atoms in total. The van der Waals surface area contributed by atoms with Crippen molar-refractivity contribution in [2.75, 3.05) is 0 Å². The molecule has 2 aromatic heterocycles. The third kappa shape index (κ3) is 2.83. The van der Waals surface area contributed by atoms with Gasteiger partial charge in [-0.25, -0.2) is 9.13 Å². The van der Waals surface area contributed by atoms with E-state index in [2.05, 4.69) is 71.3 Å². The largest absolute Gasteiger partial charge is 1.00 e. The molecular weight excluding hydrogens is 339 g/mol. The number of halogens is 2. The lowest BCUT2D eigenvalue weighted by Crippen LogP contribution is -3.00. The zero-order chi connectivity index (χ0) is 15.1. The maximum Gasteiger partial charge on any atom is 0.177 e. The minimum atomic E-state index is 0. The highest BCUT2D eigenvalue weighted by Gasteiger charge is 2.15. The monoisotopic (exact) mass is 356 g/mol. The average molecular weight is 357 g/mol. The van der Waals surface area contributed by atoms with Crippen LogP contribution >= 0.6 is 0 Å². The van der Waals surface area contributed by atoms with Crippen molar-refractivity contribution in [3.63, 3.8) is 0 Å². The minimum absolute atomic E-state index is 0. The minimum Gasteiger partial charge on any atom is -1.00 e. The van der Waals surface area contributed by atoms with E-state index in [-0.39, 0.29) is 24.8 Å². The summed E-state index contributed by atoms with van der Waals surface area (Å²) in [5.41, 5.74) is 0. The van der Waals surface area contributed by atoms with Crippen molar-refractivity contribution in [2.24, 2.45) is 0 Å². The molecule has 0 aliphatic heterocycles. The predicted molar refractivity (Wildman–Crippen MR) is 90.9 cm³/mol. The molecule has 0 bridgehead atoms. The molecule has 4 rings (SSSR count). The Balaban J connectivity index is 0.00000104. The van der Waals surface area contributed by atoms with Crippen molar-refractivity contribution >= 4 is 32.3 Å². The van der Waals surface area contributed by atoms with Gasteiger partial charge < -0.3 is 24.8 Å². The van der Waals surface area contributed by atoms with E-state index < -0.39 is 0 Å². The van der Waals surface area contributed by atoms with E-state index in [4.69, 9.17) is 0 Å². The van der Waals surface area contributed by atoms with Crippen LogP contribution in [0.2, 0.25) is 0 Å². The second-order valence-electron chi connectivity index (χ2n) is 5.73. The molecule has 0 spiro atoms. The third-order valence-electron chi connectivity index (χ3n) is 4.19. The molecule has 0 unspecified atom stereocenters. The molecular formula is C20H18Cl2N2. The Labute approximate surface area is 153 Å². The fraction of sp³-hybridized carbons (Fsp3) is 0.100. The van der Waals surface area contributed by atoms with Crippen molar-refractivity contribution in [3.05, 3.63) is 74.4 Å². The van der Waals surface area contributed by atoms with Gasteiger partial charge in [-0.1, -0.05) is 13.2 Å². The quantitative estimate of drug-likeness (QED) is 0.218. The first-order valence-electron chi connectivity index (χ1n) is 7.52. The first kappa shape index (κ1) is 18.2. The summed E-state index contributed by atoms with van der Waals surface area (Å²) in [4.78, 5) is 0. The van der Waals surface area contributed by atoms with Crippen molar-refractivity contribution in [1.82, 2.24) is 0 Å². The third-order valence-corrected chi connectivity index (χ3v) is 4.19. The van der Waals surface area contributed by atoms with E-state index in [9.17, 15) is 0 Å². The van der Waals surface area contributed by atoms with Gasteiger partial charge in [0.15, 0.2) is 37.9 Å². The second kappa shape index (κ2) is 7.16. The molecule has 0 saturated heterocycles. The first-order valence-corrected chi connectivity index (χ1v) is 7.52. The van der Waals surface area contributed by atoms with Crippen LogP contribution in [-0.4, -0.2) is 0 Å². The molecule has 2 aromatic carbocycles. The zero-order valence-corrected chi connectivity index (χ0v) is 14.8. The van der Waals surface area contributed by atoms with Crippen LogP contribution in [0, 0.1) is 0 Å². The SMILES string of the molecule is C=CC[n+]1cc2ccc3c[n+](CC=C)cc4ccc(c1)c2c34.[Cl-].[Cl-]. The molecule has 0 saturated carbocycles. The lowest BCUT2D eigenvalue weighted by molar-refractivity contribution is -0.684. The van der Waals surface area contributed by atoms with Gasteiger partial charge in [-0.05, 0) is 36.4 Å². The smallest absolute Gasteiger partial charge is 0.177 e. The van der Waals surface area contributed by atoms with E-state index in [1.54, 1.807) is 0 Å². The van der Waals surface area contributed by atoms with Crippen LogP contribution < -0.4 is 33.9 Å². The predicted octanol–water partition coefficient (Wildman–Crippen LogP) is -2.46. The molecule has 4 aromatic rings. The Kier molecular flexibility index (Phi) is 5.43. The molecule has 0 aliphatic rings. The Morgan fingerprint density at radius 1 is 0.625 bits per heavy atom. The molecule has 0 N–H and O–H groups in total. The van der Waals surface area contributed by atoms with Gasteiger partial charge in [0.25, 0.3) is 0 Å². The molecule has 0 atom stereocenters. The zero-order valence-electron chi connectivity index (χ0n) is 13.3. The average Bonchev–Trinajstić information content (AvgIpc) is 2.53. The number of nitrogens with zero attached hydrogens (tertiary/aromatic N) is 2. The van der Waals surface area contributed by atoms with Gasteiger partial charge in [0.05, 0.1) is 0 Å². The normalized spacial score (nSPS) is 10.5. The van der Waals surface area contributed by atoms with E-state index in [0.29, 0.717) is 0 Å². The van der Waals surface area contributed by atoms with Crippen LogP contribution in [0.3, 0.4) is 0 Å². The van der Waals surface area contributed by atoms with Gasteiger partial charge in [0.2, 0.25) is 0 Å². The van der Waals surface area contributed by atoms with Crippen molar-refractivity contribution in [1.29, 1.82) is 0 Å². The molecule has 0 amide bonds. The highest BCUT2D eigenvalue weighted by Crippen LogP contribution is 2.32. The molecule has 4 heteroatoms. The summed E-state index contributed by atoms with van der Waals surface area (Å²) in [6.07, 6.45) is 12.7. The lowest BCUT2D eigenvalue weighted by Gasteiger charge is -2.08. The van der Waals surface area contributed by atoms with Gasteiger partial charge >= 0.3 is 0 Å². The Bertz CT molecular complexity index is 875. The Morgan fingerprint density at radius 2 is 0.917 bits per heavy atom. The highest BCUT2D eigenvalue weighted by atomic mass is 35.5. The summed E-state index contributed by atoms with van der Waals surface area (Å²) in [7, 11) is 0. The van der Waals surface area contributed by atoms with Crippen LogP contribution in [0.4, 0.5) is 0 Å². The topological polar surface area (TPSA) is 7.76 Å². The van der Waals surface area contributed by atoms with Crippen LogP contribution in [0.5, 0.6) is 0 Å². The number of rotatable bonds is 4. The Morgan fingerprint density at radius 3 is 1.17 bits per heavy atom. The number of allylic oxidation sites excluding steroid dienone is 2. The van der Waals surface area contributed by atoms with Crippen molar-refractivity contribution in [3.8, 4) is 0 Å². The lowest BCUT2D eigenvalue weighted by atomic mass is 9.97. The fourth-order valence-corrected chi connectivity index (χ4v) is 3.33. The molecule has 122 valence electrons. The maximum absolute atomic E-state index is 3.83. The number of aromatic nitrogens is 2. The van der Waals surface area contributed by atoms with Gasteiger partial charge in [0, 0.05) is 32.3 Å². The van der Waals surface area contributed by atoms with Gasteiger partial charge in [-0.2, -0.15) is 0 Å². The summed E-state index contributed by atoms with van der Waals surface area (Å²) in [5, 5.41) is 7.80. The van der Waals surface area contributed by atoms with E-state index in [0.717, 1.165) is 13.1 Å². The molecule has 0 aliphatic carbocycles. The van der Waals surface area contributed by atoms with Crippen molar-refractivity contribution in [2.45, 2.75) is 13.1 Å². The summed E-state index contributed by atoms with van der Waals surface area (Å²) in [5.74, 6) is 0. The van der Waals surface area contributed by atoms with Crippen LogP contribution in [0.1, 0.15) is 0 Å². The highest BCUT2D eigenvalue weighted by molar-refractivity contribution is 6.21. The van der Waals surface area contributed by atoms with Gasteiger partial charge in [-0.3, -0.25) is 0 Å². The fourth-order valence-electron chi connectivity index (χ4n) is 3.33. The van der Waals surface area contributed by atoms with E-state index in [1.165, 1.54) is 32.3 Å². The van der Waals surface area contributed by atoms with Crippen LogP contribution in [0.25, 0.3) is 32.3 Å². The van der Waals surface area contributed by atoms with Crippen molar-refractivity contribution < 1.29 is 33.9 Å². The molecule has 24 heavy (non-hydrogen) atoms. The van der Waals surface area contributed by atoms with Gasteiger partial charge in [0.1, 0.15) is 0 Å². The number of hydrogen-bond acceptors (Lipinski definition) is 0. The molecule has 0 radical (unpaired) electrons. The number of hydrogen-bond donors (Lipinski definition) is 0. The summed E-state index contributed by atoms with van der Waals surface area (Å²) < 4.78 is 4.37. The van der Waals surface area contributed by atoms with Gasteiger partial charge in [-0.15, -0.1) is 0 Å². The summed E-state index contributed by atoms with van der Waals surface area (Å²) >= 11 is 0. The second-order valence-corrected chi connectivity index (χ2v) is 5.73. The van der Waals surface area contributed by atoms with Crippen LogP contribution in [-0.2, 0) is 13.1 Å². The maximum atomic E-state index is 3.83. The summed E-state index contributed by atoms with van der Waals surface area (Å²) in [6, 6.07) is 8.84. The van der Waals surface area contributed by atoms with Crippen LogP contribution in [0.15, 0.2) is 74.4 Å². The summed E-state index contributed by atoms with van der Waals surface area (Å²) in [6.45, 7) is 9.32. The van der Waals surface area contributed by atoms with E-state index >= 15 is 0 Å². The number of benzene rings is 2.